The molecule has 114 heavy (non-hydrogen) atoms. The van der Waals surface area contributed by atoms with Crippen molar-refractivity contribution in [3.63, 3.8) is 0 Å². The van der Waals surface area contributed by atoms with E-state index in [4.69, 9.17) is 8.83 Å². The van der Waals surface area contributed by atoms with Crippen molar-refractivity contribution < 1.29 is 17.6 Å². The third-order valence-electron chi connectivity index (χ3n) is 22.1. The Balaban J connectivity index is 0.000000148. The normalized spacial score (nSPS) is 11.4. The van der Waals surface area contributed by atoms with E-state index >= 15 is 0 Å². The van der Waals surface area contributed by atoms with Crippen molar-refractivity contribution >= 4 is 110 Å². The van der Waals surface area contributed by atoms with Crippen LogP contribution >= 0.6 is 0 Å². The molecule has 0 aliphatic rings. The lowest BCUT2D eigenvalue weighted by Crippen LogP contribution is -2.10. The van der Waals surface area contributed by atoms with E-state index in [0.29, 0.717) is 0 Å². The number of hydrogen-bond acceptors (Lipinski definition) is 4. The van der Waals surface area contributed by atoms with Crippen molar-refractivity contribution in [2.75, 3.05) is 9.80 Å². The summed E-state index contributed by atoms with van der Waals surface area (Å²) < 4.78 is 41.3. The summed E-state index contributed by atoms with van der Waals surface area (Å²) in [4.78, 5) is 4.64. The van der Waals surface area contributed by atoms with Gasteiger partial charge in [0.2, 0.25) is 0 Å². The van der Waals surface area contributed by atoms with E-state index in [9.17, 15) is 8.78 Å². The van der Waals surface area contributed by atoms with Crippen LogP contribution in [0, 0.1) is 11.6 Å². The van der Waals surface area contributed by atoms with Crippen LogP contribution < -0.4 is 9.80 Å². The number of fused-ring (bicyclic) bond motifs is 9. The molecule has 538 valence electrons. The number of nitrogens with zero attached hydrogens (tertiary/aromatic N) is 2. The molecular formula is C108H70F2N2O2. The van der Waals surface area contributed by atoms with Crippen LogP contribution in [0.25, 0.3) is 165 Å². The van der Waals surface area contributed by atoms with Gasteiger partial charge in [-0.2, -0.15) is 0 Å². The smallest absolute Gasteiger partial charge is 0.143 e. The van der Waals surface area contributed by atoms with Gasteiger partial charge in [0.05, 0.1) is 0 Å². The molecule has 6 heteroatoms. The highest BCUT2D eigenvalue weighted by Crippen LogP contribution is 2.47. The van der Waals surface area contributed by atoms with Gasteiger partial charge in [-0.3, -0.25) is 0 Å². The van der Waals surface area contributed by atoms with Gasteiger partial charge in [0.15, 0.2) is 0 Å². The molecule has 2 aromatic heterocycles. The average Bonchev–Trinajstić information content (AvgIpc) is 1.58. The maximum Gasteiger partial charge on any atom is 0.143 e. The summed E-state index contributed by atoms with van der Waals surface area (Å²) in [5.41, 5.74) is 26.8. The van der Waals surface area contributed by atoms with Crippen LogP contribution in [0.3, 0.4) is 0 Å². The van der Waals surface area contributed by atoms with Crippen LogP contribution in [0.15, 0.2) is 433 Å². The predicted octanol–water partition coefficient (Wildman–Crippen LogP) is 31.2. The number of benzene rings is 19. The molecule has 21 rings (SSSR count). The Labute approximate surface area is 658 Å². The summed E-state index contributed by atoms with van der Waals surface area (Å²) in [6.07, 6.45) is 0. The highest BCUT2D eigenvalue weighted by atomic mass is 19.1. The summed E-state index contributed by atoms with van der Waals surface area (Å²) in [5, 5.41) is 11.5. The van der Waals surface area contributed by atoms with E-state index in [2.05, 4.69) is 356 Å². The Hall–Kier alpha value is -15.0. The quantitative estimate of drug-likeness (QED) is 0.109. The van der Waals surface area contributed by atoms with Gasteiger partial charge >= 0.3 is 0 Å². The van der Waals surface area contributed by atoms with Crippen molar-refractivity contribution in [1.29, 1.82) is 0 Å². The van der Waals surface area contributed by atoms with Gasteiger partial charge in [0.1, 0.15) is 34.0 Å². The fourth-order valence-electron chi connectivity index (χ4n) is 16.6. The Kier molecular flexibility index (Phi) is 17.6. The van der Waals surface area contributed by atoms with Crippen molar-refractivity contribution in [1.82, 2.24) is 0 Å². The first-order valence-corrected chi connectivity index (χ1v) is 38.5. The van der Waals surface area contributed by atoms with Gasteiger partial charge < -0.3 is 18.6 Å². The molecule has 4 nitrogen and oxygen atoms in total. The molecule has 0 atom stereocenters. The van der Waals surface area contributed by atoms with Gasteiger partial charge in [0.25, 0.3) is 0 Å². The molecule has 0 amide bonds. The zero-order chi connectivity index (χ0) is 76.0. The average molecular weight is 1470 g/mol. The molecule has 0 bridgehead atoms. The second kappa shape index (κ2) is 29.4. The van der Waals surface area contributed by atoms with Gasteiger partial charge in [-0.15, -0.1) is 0 Å². The molecule has 19 aromatic carbocycles. The molecule has 0 N–H and O–H groups in total. The van der Waals surface area contributed by atoms with E-state index in [-0.39, 0.29) is 11.6 Å². The van der Waals surface area contributed by atoms with Crippen LogP contribution in [0.1, 0.15) is 0 Å². The molecule has 0 radical (unpaired) electrons. The molecule has 0 aliphatic carbocycles. The highest BCUT2D eigenvalue weighted by molar-refractivity contribution is 6.15. The maximum absolute atomic E-state index is 13.9. The first-order chi connectivity index (χ1) is 56.3. The third-order valence-corrected chi connectivity index (χ3v) is 22.1. The zero-order valence-electron chi connectivity index (χ0n) is 61.9. The van der Waals surface area contributed by atoms with Crippen LogP contribution in [-0.4, -0.2) is 0 Å². The largest absolute Gasteiger partial charge is 0.455 e. The topological polar surface area (TPSA) is 32.8 Å². The summed E-state index contributed by atoms with van der Waals surface area (Å²) >= 11 is 0. The lowest BCUT2D eigenvalue weighted by Gasteiger charge is -2.26. The van der Waals surface area contributed by atoms with E-state index in [1.54, 1.807) is 24.3 Å². The van der Waals surface area contributed by atoms with Crippen LogP contribution in [0.5, 0.6) is 0 Å². The second-order valence-electron chi connectivity index (χ2n) is 28.9. The van der Waals surface area contributed by atoms with Crippen molar-refractivity contribution in [2.24, 2.45) is 0 Å². The maximum atomic E-state index is 13.9. The van der Waals surface area contributed by atoms with Crippen LogP contribution in [-0.2, 0) is 0 Å². The van der Waals surface area contributed by atoms with Gasteiger partial charge in [-0.1, -0.05) is 328 Å². The first-order valence-electron chi connectivity index (χ1n) is 38.5. The third kappa shape index (κ3) is 12.8. The standard InChI is InChI=1S/C56H36FNO.C52H34FNO/c57-43-30-24-41(25-31-43)51-20-8-22-53-54-23-9-21-52(56(54)59-55(51)53)42-14-5-15-46(36-42)58(44-32-26-39(27-33-44)49-18-6-12-37-10-1-3-16-47(37)49)45-34-28-40(29-35-45)50-19-7-13-38-11-2-4-17-48(38)50;53-41-28-22-39(23-29-41)47-18-8-20-49-50-21-9-19-48(52(50)55-51(47)49)40-14-6-15-44(34-40)54(42-30-24-36(25-31-42)35-10-2-1-3-11-35)43-32-26-38(27-33-43)46-17-7-13-37-12-4-5-16-45(37)46/h1-36H;1-34H. The predicted molar refractivity (Wildman–Crippen MR) is 473 cm³/mol. The molecule has 0 unspecified atom stereocenters. The van der Waals surface area contributed by atoms with Crippen LogP contribution in [0.4, 0.5) is 42.9 Å². The minimum atomic E-state index is -0.261. The van der Waals surface area contributed by atoms with Gasteiger partial charge in [-0.05, 0) is 196 Å². The fourth-order valence-corrected chi connectivity index (χ4v) is 16.6. The minimum absolute atomic E-state index is 0.260. The van der Waals surface area contributed by atoms with E-state index in [1.807, 2.05) is 30.3 Å². The SMILES string of the molecule is Fc1ccc(-c2cccc3c2oc2c(-c4cccc(N(c5ccc(-c6cccc7ccccc67)cc5)c5ccc(-c6cccc7ccccc67)cc5)c4)cccc23)cc1.Fc1ccc(-c2cccc3c2oc2c(-c4cccc(N(c5ccc(-c6ccccc6)cc5)c5ccc(-c6cccc7ccccc67)cc5)c4)cccc23)cc1. The number of rotatable bonds is 14. The number of halogens is 2. The Morgan fingerprint density at radius 2 is 0.386 bits per heavy atom. The number of para-hydroxylation sites is 4. The Morgan fingerprint density at radius 1 is 0.158 bits per heavy atom. The summed E-state index contributed by atoms with van der Waals surface area (Å²) in [7, 11) is 0. The number of furan rings is 2. The molecule has 21 aromatic rings. The minimum Gasteiger partial charge on any atom is -0.455 e. The highest BCUT2D eigenvalue weighted by Gasteiger charge is 2.23. The number of hydrogen-bond donors (Lipinski definition) is 0. The second-order valence-corrected chi connectivity index (χ2v) is 28.9. The Bertz CT molecular complexity index is 7020. The van der Waals surface area contributed by atoms with Crippen molar-refractivity contribution in [2.45, 2.75) is 0 Å². The molecule has 0 fully saturated rings. The molecule has 2 heterocycles. The lowest BCUT2D eigenvalue weighted by atomic mass is 9.97. The van der Waals surface area contributed by atoms with Crippen LogP contribution in [0.2, 0.25) is 0 Å². The fraction of sp³-hybridized carbons (Fsp3) is 0. The number of anilines is 6. The molecule has 0 saturated heterocycles. The van der Waals surface area contributed by atoms with E-state index < -0.39 is 0 Å². The summed E-state index contributed by atoms with van der Waals surface area (Å²) in [5.74, 6) is -0.520. The molecule has 0 saturated carbocycles. The van der Waals surface area contributed by atoms with Crippen molar-refractivity contribution in [3.8, 4) is 89.0 Å². The Morgan fingerprint density at radius 3 is 0.728 bits per heavy atom. The van der Waals surface area contributed by atoms with E-state index in [1.165, 1.54) is 101 Å². The first kappa shape index (κ1) is 68.3. The van der Waals surface area contributed by atoms with E-state index in [0.717, 1.165) is 123 Å². The summed E-state index contributed by atoms with van der Waals surface area (Å²) in [6.45, 7) is 0. The molecule has 0 spiro atoms. The van der Waals surface area contributed by atoms with Crippen molar-refractivity contribution in [3.05, 3.63) is 436 Å². The lowest BCUT2D eigenvalue weighted by molar-refractivity contribution is 0.627. The zero-order valence-corrected chi connectivity index (χ0v) is 61.9. The molecular weight excluding hydrogens is 1400 g/mol. The summed E-state index contributed by atoms with van der Waals surface area (Å²) in [6, 6.07) is 147. The van der Waals surface area contributed by atoms with Gasteiger partial charge in [0, 0.05) is 77.9 Å². The molecule has 0 aliphatic heterocycles. The van der Waals surface area contributed by atoms with Gasteiger partial charge in [-0.25, -0.2) is 8.78 Å². The monoisotopic (exact) mass is 1460 g/mol.